The Labute approximate surface area is 139 Å². The summed E-state index contributed by atoms with van der Waals surface area (Å²) in [6.45, 7) is 5.82. The Hall–Kier alpha value is -1.39. The van der Waals surface area contributed by atoms with E-state index in [9.17, 15) is 4.79 Å². The lowest BCUT2D eigenvalue weighted by molar-refractivity contribution is -1.03. The summed E-state index contributed by atoms with van der Waals surface area (Å²) in [5.41, 5.74) is 1.04. The lowest BCUT2D eigenvalue weighted by atomic mass is 9.79. The van der Waals surface area contributed by atoms with Crippen LogP contribution in [-0.2, 0) is 0 Å². The lowest BCUT2D eigenvalue weighted by Crippen LogP contribution is -3.31. The quantitative estimate of drug-likeness (QED) is 0.690. The van der Waals surface area contributed by atoms with Crippen LogP contribution in [0.25, 0.3) is 0 Å². The smallest absolute Gasteiger partial charge is 0.251 e. The predicted molar refractivity (Wildman–Crippen MR) is 91.9 cm³/mol. The van der Waals surface area contributed by atoms with Crippen LogP contribution in [0.4, 0.5) is 0 Å². The fraction of sp³-hybridized carbons (Fsp3) is 0.632. The molecule has 1 saturated heterocycles. The number of rotatable bonds is 4. The van der Waals surface area contributed by atoms with Crippen molar-refractivity contribution in [2.24, 2.45) is 0 Å². The van der Waals surface area contributed by atoms with E-state index in [4.69, 9.17) is 0 Å². The molecule has 1 heterocycles. The van der Waals surface area contributed by atoms with Crippen LogP contribution in [0, 0.1) is 0 Å². The number of nitrogens with one attached hydrogen (secondary N) is 3. The fourth-order valence-electron chi connectivity index (χ4n) is 4.33. The first-order chi connectivity index (χ1) is 11.2. The van der Waals surface area contributed by atoms with Crippen LogP contribution in [0.3, 0.4) is 0 Å². The van der Waals surface area contributed by atoms with E-state index in [2.05, 4.69) is 12.4 Å². The number of amides is 1. The standard InChI is InChI=1S/C19H29N3O/c1-21-12-14-22(15-13-21)19(10-6-3-7-11-19)16-20-18(23)17-8-4-2-5-9-17/h2,4-5,8-9H,3,6-7,10-16H2,1H3,(H,20,23)/p+2. The molecule has 3 N–H and O–H groups in total. The molecule has 1 saturated carbocycles. The van der Waals surface area contributed by atoms with Gasteiger partial charge in [0, 0.05) is 18.4 Å². The van der Waals surface area contributed by atoms with Crippen LogP contribution in [0.1, 0.15) is 42.5 Å². The number of likely N-dealkylation sites (N-methyl/N-ethyl adjacent to an activating group) is 1. The summed E-state index contributed by atoms with van der Waals surface area (Å²) in [5, 5.41) is 3.25. The first-order valence-corrected chi connectivity index (χ1v) is 9.19. The average Bonchev–Trinajstić information content (AvgIpc) is 2.62. The average molecular weight is 317 g/mol. The molecule has 3 rings (SSSR count). The van der Waals surface area contributed by atoms with Crippen molar-refractivity contribution in [3.8, 4) is 0 Å². The van der Waals surface area contributed by atoms with Crippen molar-refractivity contribution in [2.75, 3.05) is 39.8 Å². The first-order valence-electron chi connectivity index (χ1n) is 9.19. The van der Waals surface area contributed by atoms with Gasteiger partial charge >= 0.3 is 0 Å². The summed E-state index contributed by atoms with van der Waals surface area (Å²) >= 11 is 0. The van der Waals surface area contributed by atoms with Gasteiger partial charge in [-0.25, -0.2) is 0 Å². The van der Waals surface area contributed by atoms with Crippen LogP contribution < -0.4 is 15.1 Å². The van der Waals surface area contributed by atoms with Crippen molar-refractivity contribution in [1.29, 1.82) is 0 Å². The second kappa shape index (κ2) is 7.45. The van der Waals surface area contributed by atoms with E-state index in [0.29, 0.717) is 0 Å². The maximum Gasteiger partial charge on any atom is 0.251 e. The summed E-state index contributed by atoms with van der Waals surface area (Å²) in [5.74, 6) is 0.0784. The Morgan fingerprint density at radius 3 is 2.35 bits per heavy atom. The zero-order valence-corrected chi connectivity index (χ0v) is 14.4. The monoisotopic (exact) mass is 317 g/mol. The van der Waals surface area contributed by atoms with Gasteiger partial charge in [-0.15, -0.1) is 0 Å². The van der Waals surface area contributed by atoms with Crippen molar-refractivity contribution in [2.45, 2.75) is 37.6 Å². The van der Waals surface area contributed by atoms with Gasteiger partial charge < -0.3 is 15.1 Å². The number of carbonyl (C=O) groups excluding carboxylic acids is 1. The molecular weight excluding hydrogens is 286 g/mol. The normalized spacial score (nSPS) is 27.3. The molecule has 1 aliphatic carbocycles. The molecule has 2 fully saturated rings. The second-order valence-electron chi connectivity index (χ2n) is 7.45. The van der Waals surface area contributed by atoms with Crippen LogP contribution in [0.15, 0.2) is 30.3 Å². The van der Waals surface area contributed by atoms with Crippen molar-refractivity contribution >= 4 is 5.91 Å². The topological polar surface area (TPSA) is 38.0 Å². The van der Waals surface area contributed by atoms with Crippen LogP contribution in [-0.4, -0.2) is 51.2 Å². The van der Waals surface area contributed by atoms with Crippen molar-refractivity contribution in [1.82, 2.24) is 5.32 Å². The number of piperazine rings is 1. The molecule has 1 aromatic rings. The van der Waals surface area contributed by atoms with E-state index in [1.807, 2.05) is 30.3 Å². The van der Waals surface area contributed by atoms with Gasteiger partial charge in [0.25, 0.3) is 5.91 Å². The zero-order chi connectivity index (χ0) is 16.1. The van der Waals surface area contributed by atoms with E-state index in [1.165, 1.54) is 58.3 Å². The molecule has 0 unspecified atom stereocenters. The Morgan fingerprint density at radius 1 is 1.04 bits per heavy atom. The molecule has 0 bridgehead atoms. The van der Waals surface area contributed by atoms with E-state index in [-0.39, 0.29) is 11.4 Å². The van der Waals surface area contributed by atoms with Crippen molar-refractivity contribution in [3.05, 3.63) is 35.9 Å². The number of quaternary nitrogens is 2. The summed E-state index contributed by atoms with van der Waals surface area (Å²) in [6, 6.07) is 9.61. The summed E-state index contributed by atoms with van der Waals surface area (Å²) in [7, 11) is 2.29. The predicted octanol–water partition coefficient (Wildman–Crippen LogP) is -0.467. The van der Waals surface area contributed by atoms with Gasteiger partial charge in [-0.2, -0.15) is 0 Å². The highest BCUT2D eigenvalue weighted by Gasteiger charge is 2.43. The van der Waals surface area contributed by atoms with E-state index in [0.717, 1.165) is 12.1 Å². The number of hydrogen-bond acceptors (Lipinski definition) is 1. The van der Waals surface area contributed by atoms with Crippen LogP contribution in [0.2, 0.25) is 0 Å². The molecule has 0 aromatic heterocycles. The Kier molecular flexibility index (Phi) is 5.34. The molecule has 4 nitrogen and oxygen atoms in total. The summed E-state index contributed by atoms with van der Waals surface area (Å²) in [6.07, 6.45) is 6.50. The minimum Gasteiger partial charge on any atom is -0.346 e. The summed E-state index contributed by atoms with van der Waals surface area (Å²) in [4.78, 5) is 15.8. The van der Waals surface area contributed by atoms with Gasteiger partial charge in [-0.1, -0.05) is 24.6 Å². The summed E-state index contributed by atoms with van der Waals surface area (Å²) < 4.78 is 0. The van der Waals surface area contributed by atoms with E-state index < -0.39 is 0 Å². The third-order valence-corrected chi connectivity index (χ3v) is 5.89. The van der Waals surface area contributed by atoms with Gasteiger partial charge in [0.1, 0.15) is 31.7 Å². The van der Waals surface area contributed by atoms with Gasteiger partial charge in [0.15, 0.2) is 0 Å². The van der Waals surface area contributed by atoms with Crippen LogP contribution >= 0.6 is 0 Å². The highest BCUT2D eigenvalue weighted by Crippen LogP contribution is 2.25. The SMILES string of the molecule is C[NH+]1CC[NH+](C2(CNC(=O)c3ccccc3)CCCCC2)CC1. The molecule has 1 amide bonds. The molecule has 23 heavy (non-hydrogen) atoms. The first kappa shape index (κ1) is 16.5. The number of benzene rings is 1. The molecular formula is C19H31N3O+2. The molecule has 0 spiro atoms. The molecule has 4 heteroatoms. The van der Waals surface area contributed by atoms with Crippen molar-refractivity contribution in [3.63, 3.8) is 0 Å². The highest BCUT2D eigenvalue weighted by molar-refractivity contribution is 5.94. The molecule has 126 valence electrons. The third-order valence-electron chi connectivity index (χ3n) is 5.89. The molecule has 1 aromatic carbocycles. The number of carbonyl (C=O) groups is 1. The minimum absolute atomic E-state index is 0.0784. The van der Waals surface area contributed by atoms with E-state index in [1.54, 1.807) is 9.80 Å². The number of hydrogen-bond donors (Lipinski definition) is 3. The Morgan fingerprint density at radius 2 is 1.70 bits per heavy atom. The maximum absolute atomic E-state index is 12.4. The Balaban J connectivity index is 1.66. The van der Waals surface area contributed by atoms with Gasteiger partial charge in [0.2, 0.25) is 0 Å². The maximum atomic E-state index is 12.4. The van der Waals surface area contributed by atoms with Gasteiger partial charge in [-0.05, 0) is 25.0 Å². The third kappa shape index (κ3) is 3.93. The molecule has 0 radical (unpaired) electrons. The molecule has 1 aliphatic heterocycles. The largest absolute Gasteiger partial charge is 0.346 e. The molecule has 2 aliphatic rings. The minimum atomic E-state index is 0.0784. The van der Waals surface area contributed by atoms with E-state index >= 15 is 0 Å². The van der Waals surface area contributed by atoms with Crippen molar-refractivity contribution < 1.29 is 14.6 Å². The second-order valence-corrected chi connectivity index (χ2v) is 7.45. The Bertz CT molecular complexity index is 503. The fourth-order valence-corrected chi connectivity index (χ4v) is 4.33. The zero-order valence-electron chi connectivity index (χ0n) is 14.4. The molecule has 0 atom stereocenters. The van der Waals surface area contributed by atoms with Crippen LogP contribution in [0.5, 0.6) is 0 Å². The van der Waals surface area contributed by atoms with Gasteiger partial charge in [0.05, 0.1) is 13.6 Å². The lowest BCUT2D eigenvalue weighted by Gasteiger charge is -2.45. The highest BCUT2D eigenvalue weighted by atomic mass is 16.1. The van der Waals surface area contributed by atoms with Gasteiger partial charge in [-0.3, -0.25) is 4.79 Å².